The highest BCUT2D eigenvalue weighted by Gasteiger charge is 2.41. The molecule has 2 fully saturated rings. The van der Waals surface area contributed by atoms with Crippen LogP contribution >= 0.6 is 28.3 Å². The van der Waals surface area contributed by atoms with Crippen molar-refractivity contribution < 1.29 is 0 Å². The Morgan fingerprint density at radius 3 is 1.93 bits per heavy atom. The van der Waals surface area contributed by atoms with Crippen molar-refractivity contribution in [2.45, 2.75) is 91.9 Å². The molecule has 2 saturated carbocycles. The fourth-order valence-electron chi connectivity index (χ4n) is 7.87. The van der Waals surface area contributed by atoms with Crippen LogP contribution in [0.3, 0.4) is 0 Å². The summed E-state index contributed by atoms with van der Waals surface area (Å²) in [5.74, 6) is 6.13. The number of thiazole rings is 1. The van der Waals surface area contributed by atoms with Crippen LogP contribution in [0.1, 0.15) is 108 Å². The van der Waals surface area contributed by atoms with Gasteiger partial charge >= 0.3 is 0 Å². The summed E-state index contributed by atoms with van der Waals surface area (Å²) in [7, 11) is 0. The third-order valence-corrected chi connectivity index (χ3v) is 11.4. The van der Waals surface area contributed by atoms with Crippen LogP contribution in [0.2, 0.25) is 0 Å². The van der Waals surface area contributed by atoms with Crippen LogP contribution < -0.4 is 15.7 Å². The average Bonchev–Trinajstić information content (AvgIpc) is 3.63. The molecule has 7 heteroatoms. The smallest absolute Gasteiger partial charge is 0.230 e. The van der Waals surface area contributed by atoms with E-state index in [2.05, 4.69) is 113 Å². The first-order valence-corrected chi connectivity index (χ1v) is 17.2. The van der Waals surface area contributed by atoms with Crippen LogP contribution in [0.15, 0.2) is 65.8 Å². The molecule has 43 heavy (non-hydrogen) atoms. The number of halogens is 1. The summed E-state index contributed by atoms with van der Waals surface area (Å²) in [5, 5.41) is 10.3. The number of hydrogen-bond acceptors (Lipinski definition) is 6. The molecule has 0 amide bonds. The highest BCUT2D eigenvalue weighted by Crippen LogP contribution is 2.53. The van der Waals surface area contributed by atoms with Crippen molar-refractivity contribution >= 4 is 45.0 Å². The lowest BCUT2D eigenvalue weighted by Gasteiger charge is -2.40. The molecule has 2 aromatic carbocycles. The van der Waals surface area contributed by atoms with Gasteiger partial charge in [-0.15, -0.1) is 27.2 Å². The molecule has 0 spiro atoms. The van der Waals surface area contributed by atoms with E-state index in [1.165, 1.54) is 44.2 Å². The summed E-state index contributed by atoms with van der Waals surface area (Å²) < 4.78 is 0. The molecule has 6 rings (SSSR count). The number of para-hydroxylation sites is 1. The Hall–Kier alpha value is -2.38. The van der Waals surface area contributed by atoms with Crippen LogP contribution in [0.25, 0.3) is 0 Å². The number of hydrogen-bond donors (Lipinski definition) is 1. The third-order valence-electron chi connectivity index (χ3n) is 10.2. The van der Waals surface area contributed by atoms with Crippen molar-refractivity contribution in [1.29, 1.82) is 0 Å². The van der Waals surface area contributed by atoms with Gasteiger partial charge in [0.25, 0.3) is 0 Å². The Balaban J connectivity index is 0.00000368. The van der Waals surface area contributed by atoms with E-state index < -0.39 is 0 Å². The number of amidine groups is 1. The standard InChI is InChI=1S/C36H49N5S.BrH/c1-23(2)29-19-17-25(5)21-31(29)33-34(32-22-26(6)18-20-30(32)24(3)4)42-36(37-33)41-39-35(27-13-9-7-10-14-27)38-40(41)28-15-11-8-12-16-28;/h7-16,23-26,29-32H,17-22H2,1-6H3,(H,38,39);1H. The lowest BCUT2D eigenvalue weighted by molar-refractivity contribution is 0.183. The van der Waals surface area contributed by atoms with Crippen molar-refractivity contribution in [3.63, 3.8) is 0 Å². The van der Waals surface area contributed by atoms with E-state index in [1.54, 1.807) is 4.88 Å². The van der Waals surface area contributed by atoms with Crippen molar-refractivity contribution in [2.75, 3.05) is 10.2 Å². The van der Waals surface area contributed by atoms with Gasteiger partial charge < -0.3 is 0 Å². The zero-order valence-electron chi connectivity index (χ0n) is 26.7. The van der Waals surface area contributed by atoms with E-state index in [0.29, 0.717) is 35.5 Å². The minimum atomic E-state index is 0. The van der Waals surface area contributed by atoms with Gasteiger partial charge in [0.05, 0.1) is 11.4 Å². The molecular formula is C36H50BrN5S. The van der Waals surface area contributed by atoms with Crippen molar-refractivity contribution in [1.82, 2.24) is 10.4 Å². The molecule has 2 heterocycles. The first kappa shape index (κ1) is 32.0. The van der Waals surface area contributed by atoms with Crippen molar-refractivity contribution in [2.24, 2.45) is 40.6 Å². The number of hydrazone groups is 1. The van der Waals surface area contributed by atoms with Crippen molar-refractivity contribution in [3.8, 4) is 0 Å². The van der Waals surface area contributed by atoms with Crippen LogP contribution in [0.4, 0.5) is 10.8 Å². The minimum Gasteiger partial charge on any atom is -0.259 e. The lowest BCUT2D eigenvalue weighted by Crippen LogP contribution is -2.44. The Bertz CT molecular complexity index is 1310. The maximum Gasteiger partial charge on any atom is 0.230 e. The second-order valence-electron chi connectivity index (χ2n) is 14.0. The molecule has 3 aliphatic rings. The third kappa shape index (κ3) is 6.68. The second kappa shape index (κ2) is 13.7. The van der Waals surface area contributed by atoms with Gasteiger partial charge in [0.1, 0.15) is 0 Å². The molecule has 0 bridgehead atoms. The molecule has 3 aromatic rings. The van der Waals surface area contributed by atoms with E-state index in [-0.39, 0.29) is 17.0 Å². The fourth-order valence-corrected chi connectivity index (χ4v) is 9.14. The minimum absolute atomic E-state index is 0. The summed E-state index contributed by atoms with van der Waals surface area (Å²) in [6.45, 7) is 14.6. The number of anilines is 2. The largest absolute Gasteiger partial charge is 0.259 e. The summed E-state index contributed by atoms with van der Waals surface area (Å²) in [4.78, 5) is 7.19. The van der Waals surface area contributed by atoms with Gasteiger partial charge in [0.15, 0.2) is 5.84 Å². The van der Waals surface area contributed by atoms with Gasteiger partial charge in [0.2, 0.25) is 5.13 Å². The van der Waals surface area contributed by atoms with E-state index in [4.69, 9.17) is 10.1 Å². The van der Waals surface area contributed by atoms with E-state index >= 15 is 0 Å². The predicted molar refractivity (Wildman–Crippen MR) is 188 cm³/mol. The first-order valence-electron chi connectivity index (χ1n) is 16.4. The lowest BCUT2D eigenvalue weighted by atomic mass is 9.65. The Kier molecular flexibility index (Phi) is 10.2. The van der Waals surface area contributed by atoms with Gasteiger partial charge in [-0.05, 0) is 79.2 Å². The maximum atomic E-state index is 5.64. The molecule has 6 atom stereocenters. The van der Waals surface area contributed by atoms with E-state index in [0.717, 1.165) is 34.1 Å². The fraction of sp³-hybridized carbons (Fsp3) is 0.556. The zero-order chi connectivity index (χ0) is 29.4. The van der Waals surface area contributed by atoms with Gasteiger partial charge in [-0.2, -0.15) is 5.12 Å². The molecule has 0 radical (unpaired) electrons. The van der Waals surface area contributed by atoms with Gasteiger partial charge in [-0.3, -0.25) is 5.43 Å². The van der Waals surface area contributed by atoms with Gasteiger partial charge in [0, 0.05) is 16.4 Å². The summed E-state index contributed by atoms with van der Waals surface area (Å²) >= 11 is 1.92. The first-order chi connectivity index (χ1) is 20.3. The maximum absolute atomic E-state index is 5.64. The van der Waals surface area contributed by atoms with Crippen LogP contribution in [0, 0.1) is 35.5 Å². The highest BCUT2D eigenvalue weighted by atomic mass is 79.9. The number of hydrazine groups is 2. The number of aromatic nitrogens is 1. The molecule has 5 nitrogen and oxygen atoms in total. The number of nitrogens with one attached hydrogen (secondary N) is 1. The number of rotatable bonds is 7. The summed E-state index contributed by atoms with van der Waals surface area (Å²) in [5.41, 5.74) is 7.11. The predicted octanol–water partition coefficient (Wildman–Crippen LogP) is 10.2. The molecule has 2 aliphatic carbocycles. The zero-order valence-corrected chi connectivity index (χ0v) is 29.3. The topological polar surface area (TPSA) is 43.8 Å². The summed E-state index contributed by atoms with van der Waals surface area (Å²) in [6, 6.07) is 20.9. The SMILES string of the molecule is Br.CC1CCC(C(C)C)C(c2nc(N3N=C(c4ccccc4)NN3c3ccccc3)sc2C2CC(C)CCC2C(C)C)C1. The van der Waals surface area contributed by atoms with Gasteiger partial charge in [-0.1, -0.05) is 114 Å². The molecule has 1 aliphatic heterocycles. The molecule has 1 N–H and O–H groups in total. The number of benzene rings is 2. The van der Waals surface area contributed by atoms with Crippen LogP contribution in [0.5, 0.6) is 0 Å². The Labute approximate surface area is 273 Å². The quantitative estimate of drug-likeness (QED) is 0.273. The van der Waals surface area contributed by atoms with E-state index in [1.807, 2.05) is 16.5 Å². The summed E-state index contributed by atoms with van der Waals surface area (Å²) in [6.07, 6.45) is 7.82. The normalized spacial score (nSPS) is 27.7. The Morgan fingerprint density at radius 2 is 1.33 bits per heavy atom. The van der Waals surface area contributed by atoms with Crippen molar-refractivity contribution in [3.05, 3.63) is 76.8 Å². The molecular weight excluding hydrogens is 614 g/mol. The molecule has 6 unspecified atom stereocenters. The molecule has 232 valence electrons. The van der Waals surface area contributed by atoms with Crippen LogP contribution in [-0.2, 0) is 0 Å². The molecule has 1 aromatic heterocycles. The number of nitrogens with zero attached hydrogens (tertiary/aromatic N) is 4. The second-order valence-corrected chi connectivity index (χ2v) is 15.0. The van der Waals surface area contributed by atoms with E-state index in [9.17, 15) is 0 Å². The highest BCUT2D eigenvalue weighted by molar-refractivity contribution is 8.93. The average molecular weight is 665 g/mol. The monoisotopic (exact) mass is 663 g/mol. The van der Waals surface area contributed by atoms with Crippen LogP contribution in [-0.4, -0.2) is 10.8 Å². The Morgan fingerprint density at radius 1 is 0.767 bits per heavy atom. The van der Waals surface area contributed by atoms with Gasteiger partial charge in [-0.25, -0.2) is 4.98 Å². The molecule has 0 saturated heterocycles.